The van der Waals surface area contributed by atoms with Crippen molar-refractivity contribution in [3.05, 3.63) is 66.0 Å². The average Bonchev–Trinajstić information content (AvgIpc) is 2.87. The minimum Gasteiger partial charge on any atom is -0.391 e. The van der Waals surface area contributed by atoms with Gasteiger partial charge in [-0.15, -0.1) is 0 Å². The normalized spacial score (nSPS) is 12.7. The number of benzene rings is 2. The summed E-state index contributed by atoms with van der Waals surface area (Å²) < 4.78 is 28.9. The lowest BCUT2D eigenvalue weighted by Crippen LogP contribution is -2.19. The molecule has 108 valence electrons. The number of halogens is 2. The molecular weight excluding hydrogens is 274 g/mol. The van der Waals surface area contributed by atoms with E-state index in [1.807, 2.05) is 24.3 Å². The maximum Gasteiger partial charge on any atom is 0.129 e. The SMILES string of the molecule is OC(Cc1c(F)cccc1F)Cn1cnc2ccccc21. The highest BCUT2D eigenvalue weighted by Crippen LogP contribution is 2.17. The van der Waals surface area contributed by atoms with Crippen molar-refractivity contribution in [2.45, 2.75) is 19.1 Å². The first-order chi connectivity index (χ1) is 10.1. The van der Waals surface area contributed by atoms with Crippen LogP contribution in [0.2, 0.25) is 0 Å². The second-order valence-corrected chi connectivity index (χ2v) is 4.94. The van der Waals surface area contributed by atoms with Crippen LogP contribution >= 0.6 is 0 Å². The quantitative estimate of drug-likeness (QED) is 0.801. The predicted octanol–water partition coefficient (Wildman–Crippen LogP) is 2.92. The van der Waals surface area contributed by atoms with E-state index in [4.69, 9.17) is 0 Å². The van der Waals surface area contributed by atoms with Crippen molar-refractivity contribution in [2.24, 2.45) is 0 Å². The average molecular weight is 288 g/mol. The summed E-state index contributed by atoms with van der Waals surface area (Å²) in [6, 6.07) is 11.2. The summed E-state index contributed by atoms with van der Waals surface area (Å²) in [4.78, 5) is 4.22. The number of fused-ring (bicyclic) bond motifs is 1. The largest absolute Gasteiger partial charge is 0.391 e. The third kappa shape index (κ3) is 2.78. The van der Waals surface area contributed by atoms with Gasteiger partial charge in [-0.3, -0.25) is 0 Å². The Kier molecular flexibility index (Phi) is 3.66. The van der Waals surface area contributed by atoms with Crippen molar-refractivity contribution in [2.75, 3.05) is 0 Å². The van der Waals surface area contributed by atoms with Gasteiger partial charge in [0.1, 0.15) is 11.6 Å². The van der Waals surface area contributed by atoms with Crippen LogP contribution in [0.5, 0.6) is 0 Å². The summed E-state index contributed by atoms with van der Waals surface area (Å²) in [6.07, 6.45) is 0.644. The lowest BCUT2D eigenvalue weighted by Gasteiger charge is -2.13. The maximum absolute atomic E-state index is 13.6. The van der Waals surface area contributed by atoms with E-state index in [1.165, 1.54) is 18.2 Å². The summed E-state index contributed by atoms with van der Waals surface area (Å²) in [5, 5.41) is 10.1. The van der Waals surface area contributed by atoms with E-state index < -0.39 is 17.7 Å². The molecule has 0 saturated heterocycles. The molecule has 0 bridgehead atoms. The molecule has 1 unspecified atom stereocenters. The number of hydrogen-bond donors (Lipinski definition) is 1. The molecule has 5 heteroatoms. The monoisotopic (exact) mass is 288 g/mol. The van der Waals surface area contributed by atoms with E-state index in [-0.39, 0.29) is 18.5 Å². The van der Waals surface area contributed by atoms with Gasteiger partial charge < -0.3 is 9.67 Å². The molecule has 0 aliphatic carbocycles. The number of hydrogen-bond acceptors (Lipinski definition) is 2. The van der Waals surface area contributed by atoms with Crippen molar-refractivity contribution in [3.63, 3.8) is 0 Å². The smallest absolute Gasteiger partial charge is 0.129 e. The first kappa shape index (κ1) is 13.7. The van der Waals surface area contributed by atoms with Gasteiger partial charge in [-0.25, -0.2) is 13.8 Å². The molecule has 3 nitrogen and oxygen atoms in total. The summed E-state index contributed by atoms with van der Waals surface area (Å²) in [5.74, 6) is -1.27. The van der Waals surface area contributed by atoms with Gasteiger partial charge in [-0.05, 0) is 24.3 Å². The molecule has 0 saturated carbocycles. The van der Waals surface area contributed by atoms with Crippen LogP contribution in [0, 0.1) is 11.6 Å². The van der Waals surface area contributed by atoms with Crippen LogP contribution in [0.25, 0.3) is 11.0 Å². The van der Waals surface area contributed by atoms with Gasteiger partial charge in [-0.1, -0.05) is 18.2 Å². The topological polar surface area (TPSA) is 38.0 Å². The Morgan fingerprint density at radius 2 is 1.76 bits per heavy atom. The number of aliphatic hydroxyl groups is 1. The number of aromatic nitrogens is 2. The third-order valence-corrected chi connectivity index (χ3v) is 3.44. The maximum atomic E-state index is 13.6. The molecule has 0 radical (unpaired) electrons. The van der Waals surface area contributed by atoms with Crippen LogP contribution < -0.4 is 0 Å². The van der Waals surface area contributed by atoms with Crippen LogP contribution in [-0.2, 0) is 13.0 Å². The van der Waals surface area contributed by atoms with Gasteiger partial charge in [0.25, 0.3) is 0 Å². The number of nitrogens with zero attached hydrogens (tertiary/aromatic N) is 2. The summed E-state index contributed by atoms with van der Waals surface area (Å²) in [6.45, 7) is 0.230. The Morgan fingerprint density at radius 1 is 1.05 bits per heavy atom. The zero-order valence-electron chi connectivity index (χ0n) is 11.2. The molecular formula is C16H14F2N2O. The van der Waals surface area contributed by atoms with Gasteiger partial charge in [0.2, 0.25) is 0 Å². The van der Waals surface area contributed by atoms with E-state index in [1.54, 1.807) is 10.9 Å². The molecule has 1 N–H and O–H groups in total. The fraction of sp³-hybridized carbons (Fsp3) is 0.188. The number of para-hydroxylation sites is 2. The van der Waals surface area contributed by atoms with Gasteiger partial charge in [0.05, 0.1) is 30.0 Å². The Labute approximate surface area is 120 Å². The molecule has 0 aliphatic rings. The molecule has 0 fully saturated rings. The van der Waals surface area contributed by atoms with E-state index in [9.17, 15) is 13.9 Å². The highest BCUT2D eigenvalue weighted by Gasteiger charge is 2.15. The molecule has 2 aromatic carbocycles. The van der Waals surface area contributed by atoms with E-state index in [0.29, 0.717) is 0 Å². The van der Waals surface area contributed by atoms with Crippen molar-refractivity contribution in [1.82, 2.24) is 9.55 Å². The molecule has 0 amide bonds. The van der Waals surface area contributed by atoms with Crippen LogP contribution in [-0.4, -0.2) is 20.8 Å². The molecule has 3 aromatic rings. The number of aliphatic hydroxyl groups excluding tert-OH is 1. The van der Waals surface area contributed by atoms with Gasteiger partial charge in [-0.2, -0.15) is 0 Å². The fourth-order valence-electron chi connectivity index (χ4n) is 2.41. The molecule has 3 rings (SSSR count). The molecule has 0 spiro atoms. The number of imidazole rings is 1. The van der Waals surface area contributed by atoms with Crippen LogP contribution in [0.3, 0.4) is 0 Å². The van der Waals surface area contributed by atoms with Crippen molar-refractivity contribution >= 4 is 11.0 Å². The lowest BCUT2D eigenvalue weighted by atomic mass is 10.1. The second kappa shape index (κ2) is 5.61. The molecule has 1 aromatic heterocycles. The van der Waals surface area contributed by atoms with Crippen LogP contribution in [0.1, 0.15) is 5.56 Å². The summed E-state index contributed by atoms with van der Waals surface area (Å²) in [5.41, 5.74) is 1.61. The summed E-state index contributed by atoms with van der Waals surface area (Å²) in [7, 11) is 0. The van der Waals surface area contributed by atoms with E-state index >= 15 is 0 Å². The van der Waals surface area contributed by atoms with Gasteiger partial charge in [0.15, 0.2) is 0 Å². The predicted molar refractivity (Wildman–Crippen MR) is 75.8 cm³/mol. The highest BCUT2D eigenvalue weighted by atomic mass is 19.1. The Morgan fingerprint density at radius 3 is 2.52 bits per heavy atom. The van der Waals surface area contributed by atoms with Crippen molar-refractivity contribution in [3.8, 4) is 0 Å². The minimum absolute atomic E-state index is 0.0784. The lowest BCUT2D eigenvalue weighted by molar-refractivity contribution is 0.153. The first-order valence-electron chi connectivity index (χ1n) is 6.66. The molecule has 21 heavy (non-hydrogen) atoms. The van der Waals surface area contributed by atoms with E-state index in [2.05, 4.69) is 4.98 Å². The van der Waals surface area contributed by atoms with Crippen LogP contribution in [0.15, 0.2) is 48.8 Å². The Balaban J connectivity index is 1.79. The Bertz CT molecular complexity index is 750. The first-order valence-corrected chi connectivity index (χ1v) is 6.66. The minimum atomic E-state index is -0.894. The number of rotatable bonds is 4. The third-order valence-electron chi connectivity index (χ3n) is 3.44. The second-order valence-electron chi connectivity index (χ2n) is 4.94. The van der Waals surface area contributed by atoms with Crippen molar-refractivity contribution < 1.29 is 13.9 Å². The standard InChI is InChI=1S/C16H14F2N2O/c17-13-4-3-5-14(18)12(13)8-11(21)9-20-10-19-15-6-1-2-7-16(15)20/h1-7,10-11,21H,8-9H2. The zero-order chi connectivity index (χ0) is 14.8. The summed E-state index contributed by atoms with van der Waals surface area (Å²) >= 11 is 0. The van der Waals surface area contributed by atoms with Crippen LogP contribution in [0.4, 0.5) is 8.78 Å². The molecule has 1 heterocycles. The fourth-order valence-corrected chi connectivity index (χ4v) is 2.41. The highest BCUT2D eigenvalue weighted by molar-refractivity contribution is 5.74. The van der Waals surface area contributed by atoms with E-state index in [0.717, 1.165) is 11.0 Å². The van der Waals surface area contributed by atoms with Gasteiger partial charge >= 0.3 is 0 Å². The van der Waals surface area contributed by atoms with Crippen molar-refractivity contribution in [1.29, 1.82) is 0 Å². The molecule has 1 atom stereocenters. The van der Waals surface area contributed by atoms with Gasteiger partial charge in [0, 0.05) is 12.0 Å². The Hall–Kier alpha value is -2.27. The molecule has 0 aliphatic heterocycles. The zero-order valence-corrected chi connectivity index (χ0v) is 11.2.